The van der Waals surface area contributed by atoms with Crippen LogP contribution in [0.4, 0.5) is 5.69 Å². The summed E-state index contributed by atoms with van der Waals surface area (Å²) < 4.78 is 11.9. The van der Waals surface area contributed by atoms with Gasteiger partial charge in [-0.25, -0.2) is 10.6 Å². The maximum atomic E-state index is 12.8. The lowest BCUT2D eigenvalue weighted by Gasteiger charge is -2.36. The Morgan fingerprint density at radius 2 is 1.57 bits per heavy atom. The van der Waals surface area contributed by atoms with E-state index in [1.54, 1.807) is 30.3 Å². The summed E-state index contributed by atoms with van der Waals surface area (Å²) in [5.74, 6) is 5.45. The number of hydrogen-bond donors (Lipinski definition) is 5. The van der Waals surface area contributed by atoms with E-state index in [0.717, 1.165) is 0 Å². The number of phenolic OH excluding ortho intramolecular Hbond substituents is 2. The number of benzene rings is 3. The van der Waals surface area contributed by atoms with Crippen molar-refractivity contribution >= 4 is 29.0 Å². The number of aromatic hydroxyl groups is 2. The Kier molecular flexibility index (Phi) is 3.85. The number of fused-ring (bicyclic) bond motifs is 6. The van der Waals surface area contributed by atoms with Crippen molar-refractivity contribution in [2.75, 3.05) is 5.32 Å². The first kappa shape index (κ1) is 18.2. The Morgan fingerprint density at radius 1 is 0.933 bits per heavy atom. The largest absolute Gasteiger partial charge is 0.508 e. The lowest BCUT2D eigenvalue weighted by Crippen LogP contribution is -2.34. The standard InChI is InChI=1S/C21H15N3O5S/c22-24-20(30)23-10-1-4-13-16(7-10)21(29-19(13)27)14-5-2-11(25)8-17(14)28-18-9-12(26)3-6-15(18)21/h1-9,25-26H,22H2,(H2,23,24,30). The Balaban J connectivity index is 1.81. The van der Waals surface area contributed by atoms with Crippen molar-refractivity contribution in [2.45, 2.75) is 5.60 Å². The predicted octanol–water partition coefficient (Wildman–Crippen LogP) is 2.83. The molecule has 2 aliphatic heterocycles. The molecule has 0 saturated heterocycles. The van der Waals surface area contributed by atoms with E-state index < -0.39 is 11.6 Å². The lowest BCUT2D eigenvalue weighted by atomic mass is 9.77. The molecule has 0 amide bonds. The average molecular weight is 421 g/mol. The molecule has 2 aliphatic rings. The summed E-state index contributed by atoms with van der Waals surface area (Å²) in [6, 6.07) is 14.2. The topological polar surface area (TPSA) is 126 Å². The van der Waals surface area contributed by atoms with Crippen LogP contribution in [0.2, 0.25) is 0 Å². The number of anilines is 1. The first-order valence-corrected chi connectivity index (χ1v) is 9.33. The molecule has 2 heterocycles. The number of esters is 1. The van der Waals surface area contributed by atoms with Crippen molar-refractivity contribution in [3.63, 3.8) is 0 Å². The zero-order valence-electron chi connectivity index (χ0n) is 15.3. The van der Waals surface area contributed by atoms with E-state index in [4.69, 9.17) is 27.5 Å². The number of nitrogens with one attached hydrogen (secondary N) is 2. The average Bonchev–Trinajstić information content (AvgIpc) is 3.00. The zero-order valence-corrected chi connectivity index (χ0v) is 16.1. The van der Waals surface area contributed by atoms with Crippen molar-refractivity contribution < 1.29 is 24.5 Å². The molecule has 0 unspecified atom stereocenters. The number of phenols is 2. The highest BCUT2D eigenvalue weighted by Crippen LogP contribution is 2.57. The minimum atomic E-state index is -1.33. The van der Waals surface area contributed by atoms with E-state index in [1.807, 2.05) is 0 Å². The molecule has 0 atom stereocenters. The van der Waals surface area contributed by atoms with E-state index in [-0.39, 0.29) is 16.6 Å². The third-order valence-electron chi connectivity index (χ3n) is 5.16. The van der Waals surface area contributed by atoms with Crippen LogP contribution in [0.3, 0.4) is 0 Å². The lowest BCUT2D eigenvalue weighted by molar-refractivity contribution is 0.0224. The van der Waals surface area contributed by atoms with Crippen LogP contribution in [-0.2, 0) is 10.3 Å². The van der Waals surface area contributed by atoms with Crippen LogP contribution in [-0.4, -0.2) is 21.3 Å². The third-order valence-corrected chi connectivity index (χ3v) is 5.38. The van der Waals surface area contributed by atoms with Gasteiger partial charge in [0.25, 0.3) is 0 Å². The number of hydrazine groups is 1. The number of nitrogens with two attached hydrogens (primary N) is 1. The molecule has 1 spiro atoms. The Morgan fingerprint density at radius 3 is 2.17 bits per heavy atom. The summed E-state index contributed by atoms with van der Waals surface area (Å²) in [4.78, 5) is 12.8. The summed E-state index contributed by atoms with van der Waals surface area (Å²) in [5.41, 5.74) is 3.66. The van der Waals surface area contributed by atoms with Gasteiger partial charge in [-0.2, -0.15) is 0 Å². The van der Waals surface area contributed by atoms with Crippen LogP contribution in [0.15, 0.2) is 54.6 Å². The molecule has 0 radical (unpaired) electrons. The van der Waals surface area contributed by atoms with Crippen LogP contribution in [0.5, 0.6) is 23.0 Å². The quantitative estimate of drug-likeness (QED) is 0.174. The molecule has 30 heavy (non-hydrogen) atoms. The molecule has 0 fully saturated rings. The molecule has 0 bridgehead atoms. The van der Waals surface area contributed by atoms with Crippen LogP contribution < -0.4 is 21.3 Å². The maximum absolute atomic E-state index is 12.8. The highest BCUT2D eigenvalue weighted by atomic mass is 32.1. The van der Waals surface area contributed by atoms with Crippen LogP contribution in [0.25, 0.3) is 0 Å². The number of ether oxygens (including phenoxy) is 2. The predicted molar refractivity (Wildman–Crippen MR) is 112 cm³/mol. The van der Waals surface area contributed by atoms with Gasteiger partial charge in [0.05, 0.1) is 5.56 Å². The summed E-state index contributed by atoms with van der Waals surface area (Å²) in [5, 5.41) is 23.1. The SMILES string of the molecule is NNC(=S)Nc1ccc2c(c1)C1(OC2=O)c2ccc(O)cc2Oc2cc(O)ccc21. The Labute approximate surface area is 175 Å². The first-order chi connectivity index (χ1) is 14.4. The second-order valence-corrected chi connectivity index (χ2v) is 7.30. The van der Waals surface area contributed by atoms with Gasteiger partial charge >= 0.3 is 5.97 Å². The molecule has 8 nitrogen and oxygen atoms in total. The van der Waals surface area contributed by atoms with Gasteiger partial charge < -0.3 is 30.4 Å². The van der Waals surface area contributed by atoms with Gasteiger partial charge in [0.1, 0.15) is 23.0 Å². The Hall–Kier alpha value is -3.82. The summed E-state index contributed by atoms with van der Waals surface area (Å²) in [6.45, 7) is 0. The number of thiocarbonyl (C=S) groups is 1. The fourth-order valence-corrected chi connectivity index (χ4v) is 4.06. The van der Waals surface area contributed by atoms with Crippen LogP contribution >= 0.6 is 12.2 Å². The molecule has 0 saturated carbocycles. The molecule has 0 aliphatic carbocycles. The van der Waals surface area contributed by atoms with Gasteiger partial charge in [-0.05, 0) is 54.7 Å². The smallest absolute Gasteiger partial charge is 0.340 e. The molecule has 9 heteroatoms. The molecule has 0 aromatic heterocycles. The monoisotopic (exact) mass is 421 g/mol. The van der Waals surface area contributed by atoms with Gasteiger partial charge in [-0.3, -0.25) is 0 Å². The molecule has 150 valence electrons. The zero-order chi connectivity index (χ0) is 21.0. The fourth-order valence-electron chi connectivity index (χ4n) is 3.94. The summed E-state index contributed by atoms with van der Waals surface area (Å²) in [6.07, 6.45) is 0. The second kappa shape index (κ2) is 6.34. The molecule has 6 N–H and O–H groups in total. The fraction of sp³-hybridized carbons (Fsp3) is 0.0476. The maximum Gasteiger partial charge on any atom is 0.340 e. The van der Waals surface area contributed by atoms with Crippen LogP contribution in [0.1, 0.15) is 27.0 Å². The van der Waals surface area contributed by atoms with Crippen molar-refractivity contribution in [1.82, 2.24) is 5.43 Å². The van der Waals surface area contributed by atoms with Gasteiger partial charge in [-0.15, -0.1) is 0 Å². The van der Waals surface area contributed by atoms with Crippen molar-refractivity contribution in [2.24, 2.45) is 5.84 Å². The minimum absolute atomic E-state index is 0.00756. The molecule has 5 rings (SSSR count). The normalized spacial score (nSPS) is 14.8. The van der Waals surface area contributed by atoms with Gasteiger partial charge in [0.2, 0.25) is 0 Å². The van der Waals surface area contributed by atoms with Crippen molar-refractivity contribution in [1.29, 1.82) is 0 Å². The molecule has 3 aromatic rings. The summed E-state index contributed by atoms with van der Waals surface area (Å²) in [7, 11) is 0. The van der Waals surface area contributed by atoms with Gasteiger partial charge in [0, 0.05) is 34.5 Å². The van der Waals surface area contributed by atoms with E-state index >= 15 is 0 Å². The Bertz CT molecular complexity index is 1190. The molecule has 3 aromatic carbocycles. The number of rotatable bonds is 1. The second-order valence-electron chi connectivity index (χ2n) is 6.89. The first-order valence-electron chi connectivity index (χ1n) is 8.92. The third kappa shape index (κ3) is 2.49. The van der Waals surface area contributed by atoms with E-state index in [2.05, 4.69) is 10.7 Å². The van der Waals surface area contributed by atoms with Crippen molar-refractivity contribution in [3.8, 4) is 23.0 Å². The molecular weight excluding hydrogens is 406 g/mol. The van der Waals surface area contributed by atoms with E-state index in [0.29, 0.717) is 39.4 Å². The van der Waals surface area contributed by atoms with E-state index in [9.17, 15) is 15.0 Å². The highest BCUT2D eigenvalue weighted by Gasteiger charge is 2.53. The van der Waals surface area contributed by atoms with E-state index in [1.165, 1.54) is 24.3 Å². The van der Waals surface area contributed by atoms with Gasteiger partial charge in [0.15, 0.2) is 10.7 Å². The molecular formula is C21H15N3O5S. The van der Waals surface area contributed by atoms with Crippen molar-refractivity contribution in [3.05, 3.63) is 76.9 Å². The minimum Gasteiger partial charge on any atom is -0.508 e. The number of carbonyl (C=O) groups is 1. The highest BCUT2D eigenvalue weighted by molar-refractivity contribution is 7.80. The number of carbonyl (C=O) groups excluding carboxylic acids is 1. The van der Waals surface area contributed by atoms with Crippen LogP contribution in [0, 0.1) is 0 Å². The number of hydrogen-bond acceptors (Lipinski definition) is 7. The summed E-state index contributed by atoms with van der Waals surface area (Å²) >= 11 is 5.07. The van der Waals surface area contributed by atoms with Gasteiger partial charge in [-0.1, -0.05) is 0 Å².